The van der Waals surface area contributed by atoms with Crippen molar-refractivity contribution in [1.82, 2.24) is 5.32 Å². The maximum absolute atomic E-state index is 10.8. The average Bonchev–Trinajstić information content (AvgIpc) is 3.07. The van der Waals surface area contributed by atoms with E-state index in [1.54, 1.807) is 12.3 Å². The van der Waals surface area contributed by atoms with Gasteiger partial charge in [0, 0.05) is 12.5 Å². The number of carbonyl (C=O) groups is 1. The number of hydrogen-bond donors (Lipinski definition) is 2. The van der Waals surface area contributed by atoms with Crippen LogP contribution in [0.25, 0.3) is 0 Å². The SMILES string of the molecule is CC(CCc1ccco1)NC(C)c1ccc(C(=O)O)o1. The van der Waals surface area contributed by atoms with Gasteiger partial charge in [0.15, 0.2) is 0 Å². The molecule has 2 unspecified atom stereocenters. The molecule has 0 amide bonds. The maximum atomic E-state index is 10.8. The van der Waals surface area contributed by atoms with Crippen molar-refractivity contribution in [2.24, 2.45) is 0 Å². The van der Waals surface area contributed by atoms with E-state index in [1.807, 2.05) is 19.1 Å². The predicted molar refractivity (Wildman–Crippen MR) is 73.7 cm³/mol. The van der Waals surface area contributed by atoms with Crippen LogP contribution in [-0.2, 0) is 6.42 Å². The van der Waals surface area contributed by atoms with E-state index in [-0.39, 0.29) is 17.8 Å². The summed E-state index contributed by atoms with van der Waals surface area (Å²) >= 11 is 0. The molecule has 2 N–H and O–H groups in total. The van der Waals surface area contributed by atoms with Crippen molar-refractivity contribution < 1.29 is 18.7 Å². The van der Waals surface area contributed by atoms with E-state index >= 15 is 0 Å². The number of carboxylic acid groups (broad SMARTS) is 1. The van der Waals surface area contributed by atoms with Crippen LogP contribution in [0.5, 0.6) is 0 Å². The Morgan fingerprint density at radius 2 is 2.15 bits per heavy atom. The quantitative estimate of drug-likeness (QED) is 0.812. The van der Waals surface area contributed by atoms with Crippen molar-refractivity contribution in [2.75, 3.05) is 0 Å². The Labute approximate surface area is 117 Å². The van der Waals surface area contributed by atoms with Crippen molar-refractivity contribution in [2.45, 2.75) is 38.8 Å². The number of carboxylic acids is 1. The molecular formula is C15H19NO4. The molecule has 108 valence electrons. The second kappa shape index (κ2) is 6.43. The molecule has 0 saturated heterocycles. The molecule has 20 heavy (non-hydrogen) atoms. The normalized spacial score (nSPS) is 14.1. The highest BCUT2D eigenvalue weighted by Gasteiger charge is 2.16. The lowest BCUT2D eigenvalue weighted by molar-refractivity contribution is 0.0659. The van der Waals surface area contributed by atoms with E-state index in [0.717, 1.165) is 18.6 Å². The summed E-state index contributed by atoms with van der Waals surface area (Å²) in [6.45, 7) is 4.04. The first-order chi connectivity index (χ1) is 9.56. The molecule has 0 aliphatic heterocycles. The first kappa shape index (κ1) is 14.4. The smallest absolute Gasteiger partial charge is 0.371 e. The molecule has 2 aromatic heterocycles. The highest BCUT2D eigenvalue weighted by atomic mass is 16.4. The van der Waals surface area contributed by atoms with Crippen molar-refractivity contribution in [3.05, 3.63) is 47.8 Å². The molecule has 0 aliphatic carbocycles. The largest absolute Gasteiger partial charge is 0.475 e. The summed E-state index contributed by atoms with van der Waals surface area (Å²) in [6, 6.07) is 7.25. The van der Waals surface area contributed by atoms with Gasteiger partial charge in [-0.15, -0.1) is 0 Å². The van der Waals surface area contributed by atoms with Crippen LogP contribution >= 0.6 is 0 Å². The van der Waals surface area contributed by atoms with Crippen LogP contribution in [0.15, 0.2) is 39.4 Å². The summed E-state index contributed by atoms with van der Waals surface area (Å²) in [6.07, 6.45) is 3.48. The summed E-state index contributed by atoms with van der Waals surface area (Å²) in [7, 11) is 0. The minimum atomic E-state index is -1.05. The Kier molecular flexibility index (Phi) is 4.63. The topological polar surface area (TPSA) is 75.6 Å². The standard InChI is InChI=1S/C15H19NO4/c1-10(5-6-12-4-3-9-19-12)16-11(2)13-7-8-14(20-13)15(17)18/h3-4,7-11,16H,5-6H2,1-2H3,(H,17,18). The summed E-state index contributed by atoms with van der Waals surface area (Å²) < 4.78 is 10.6. The summed E-state index contributed by atoms with van der Waals surface area (Å²) in [5, 5.41) is 12.2. The van der Waals surface area contributed by atoms with Crippen LogP contribution in [0, 0.1) is 0 Å². The summed E-state index contributed by atoms with van der Waals surface area (Å²) in [5.41, 5.74) is 0. The molecule has 5 heteroatoms. The van der Waals surface area contributed by atoms with Gasteiger partial charge in [0.1, 0.15) is 11.5 Å². The Balaban J connectivity index is 1.83. The Hall–Kier alpha value is -2.01. The molecule has 2 atom stereocenters. The van der Waals surface area contributed by atoms with Crippen LogP contribution in [-0.4, -0.2) is 17.1 Å². The molecular weight excluding hydrogens is 258 g/mol. The summed E-state index contributed by atoms with van der Waals surface area (Å²) in [4.78, 5) is 10.8. The van der Waals surface area contributed by atoms with Gasteiger partial charge in [-0.3, -0.25) is 0 Å². The minimum Gasteiger partial charge on any atom is -0.475 e. The number of aryl methyl sites for hydroxylation is 1. The molecule has 2 heterocycles. The number of rotatable bonds is 7. The average molecular weight is 277 g/mol. The van der Waals surface area contributed by atoms with Gasteiger partial charge >= 0.3 is 5.97 Å². The van der Waals surface area contributed by atoms with Gasteiger partial charge in [-0.05, 0) is 44.5 Å². The van der Waals surface area contributed by atoms with Crippen molar-refractivity contribution in [3.8, 4) is 0 Å². The first-order valence-electron chi connectivity index (χ1n) is 6.67. The van der Waals surface area contributed by atoms with Crippen molar-refractivity contribution >= 4 is 5.97 Å². The van der Waals surface area contributed by atoms with Gasteiger partial charge in [0.05, 0.1) is 12.3 Å². The third kappa shape index (κ3) is 3.74. The lowest BCUT2D eigenvalue weighted by Gasteiger charge is -2.18. The molecule has 2 rings (SSSR count). The molecule has 0 aliphatic rings. The monoisotopic (exact) mass is 277 g/mol. The van der Waals surface area contributed by atoms with E-state index in [4.69, 9.17) is 13.9 Å². The second-order valence-electron chi connectivity index (χ2n) is 4.91. The fourth-order valence-corrected chi connectivity index (χ4v) is 2.11. The number of hydrogen-bond acceptors (Lipinski definition) is 4. The molecule has 5 nitrogen and oxygen atoms in total. The molecule has 0 radical (unpaired) electrons. The van der Waals surface area contributed by atoms with Crippen LogP contribution < -0.4 is 5.32 Å². The lowest BCUT2D eigenvalue weighted by Crippen LogP contribution is -2.29. The highest BCUT2D eigenvalue weighted by molar-refractivity contribution is 5.84. The van der Waals surface area contributed by atoms with Gasteiger partial charge in [0.2, 0.25) is 5.76 Å². The predicted octanol–water partition coefficient (Wildman–Crippen LogP) is 3.24. The van der Waals surface area contributed by atoms with Gasteiger partial charge in [-0.1, -0.05) is 0 Å². The third-order valence-electron chi connectivity index (χ3n) is 3.20. The van der Waals surface area contributed by atoms with Crippen LogP contribution in [0.2, 0.25) is 0 Å². The summed E-state index contributed by atoms with van der Waals surface area (Å²) in [5.74, 6) is 0.524. The van der Waals surface area contributed by atoms with Gasteiger partial charge in [-0.25, -0.2) is 4.79 Å². The van der Waals surface area contributed by atoms with Crippen molar-refractivity contribution in [3.63, 3.8) is 0 Å². The molecule has 0 saturated carbocycles. The molecule has 2 aromatic rings. The van der Waals surface area contributed by atoms with Gasteiger partial charge < -0.3 is 19.3 Å². The van der Waals surface area contributed by atoms with E-state index < -0.39 is 5.97 Å². The lowest BCUT2D eigenvalue weighted by atomic mass is 10.1. The Morgan fingerprint density at radius 1 is 1.35 bits per heavy atom. The Bertz CT molecular complexity index is 544. The second-order valence-corrected chi connectivity index (χ2v) is 4.91. The van der Waals surface area contributed by atoms with Crippen molar-refractivity contribution in [1.29, 1.82) is 0 Å². The minimum absolute atomic E-state index is 0.0307. The molecule has 0 bridgehead atoms. The third-order valence-corrected chi connectivity index (χ3v) is 3.20. The number of aromatic carboxylic acids is 1. The van der Waals surface area contributed by atoms with Gasteiger partial charge in [0.25, 0.3) is 0 Å². The maximum Gasteiger partial charge on any atom is 0.371 e. The molecule has 0 fully saturated rings. The van der Waals surface area contributed by atoms with Gasteiger partial charge in [-0.2, -0.15) is 0 Å². The van der Waals surface area contributed by atoms with E-state index in [0.29, 0.717) is 5.76 Å². The fraction of sp³-hybridized carbons (Fsp3) is 0.400. The van der Waals surface area contributed by atoms with E-state index in [1.165, 1.54) is 6.07 Å². The van der Waals surface area contributed by atoms with Crippen LogP contribution in [0.3, 0.4) is 0 Å². The fourth-order valence-electron chi connectivity index (χ4n) is 2.11. The zero-order chi connectivity index (χ0) is 14.5. The highest BCUT2D eigenvalue weighted by Crippen LogP contribution is 2.17. The molecule has 0 spiro atoms. The number of nitrogens with one attached hydrogen (secondary N) is 1. The number of furan rings is 2. The zero-order valence-corrected chi connectivity index (χ0v) is 11.6. The van der Waals surface area contributed by atoms with Crippen LogP contribution in [0.4, 0.5) is 0 Å². The molecule has 0 aromatic carbocycles. The van der Waals surface area contributed by atoms with E-state index in [2.05, 4.69) is 12.2 Å². The Morgan fingerprint density at radius 3 is 2.75 bits per heavy atom. The zero-order valence-electron chi connectivity index (χ0n) is 11.6. The van der Waals surface area contributed by atoms with E-state index in [9.17, 15) is 4.79 Å². The first-order valence-corrected chi connectivity index (χ1v) is 6.67. The van der Waals surface area contributed by atoms with Crippen LogP contribution in [0.1, 0.15) is 48.4 Å².